The van der Waals surface area contributed by atoms with Crippen LogP contribution in [0.15, 0.2) is 16.7 Å². The number of aryl methyl sites for hydroxylation is 1. The van der Waals surface area contributed by atoms with Gasteiger partial charge >= 0.3 is 5.97 Å². The first-order valence-electron chi connectivity index (χ1n) is 5.66. The lowest BCUT2D eigenvalue weighted by molar-refractivity contribution is -0.158. The lowest BCUT2D eigenvalue weighted by Gasteiger charge is -2.30. The third-order valence-corrected chi connectivity index (χ3v) is 2.87. The minimum atomic E-state index is -0.719. The molecule has 0 spiro atoms. The van der Waals surface area contributed by atoms with Gasteiger partial charge in [-0.25, -0.2) is 4.79 Å². The van der Waals surface area contributed by atoms with Crippen LogP contribution >= 0.6 is 0 Å². The maximum absolute atomic E-state index is 12.2. The monoisotopic (exact) mass is 253 g/mol. The molecule has 6 nitrogen and oxygen atoms in total. The van der Waals surface area contributed by atoms with Crippen LogP contribution in [0.1, 0.15) is 16.1 Å². The van der Waals surface area contributed by atoms with Gasteiger partial charge in [0, 0.05) is 12.1 Å². The number of esters is 1. The Labute approximate surface area is 104 Å². The summed E-state index contributed by atoms with van der Waals surface area (Å²) in [5, 5.41) is 0. The molecular formula is C12H15NO5. The molecule has 2 heterocycles. The molecule has 1 amide bonds. The first-order valence-corrected chi connectivity index (χ1v) is 5.66. The molecule has 0 radical (unpaired) electrons. The van der Waals surface area contributed by atoms with Crippen molar-refractivity contribution in [1.29, 1.82) is 0 Å². The summed E-state index contributed by atoms with van der Waals surface area (Å²) in [6, 6.07) is 1.73. The van der Waals surface area contributed by atoms with E-state index < -0.39 is 12.1 Å². The zero-order valence-corrected chi connectivity index (χ0v) is 10.3. The molecule has 0 N–H and O–H groups in total. The van der Waals surface area contributed by atoms with E-state index in [1.807, 2.05) is 0 Å². The average molecular weight is 253 g/mol. The van der Waals surface area contributed by atoms with Crippen LogP contribution in [0.3, 0.4) is 0 Å². The predicted octanol–water partition coefficient (Wildman–Crippen LogP) is 0.602. The minimum absolute atomic E-state index is 0.186. The summed E-state index contributed by atoms with van der Waals surface area (Å²) in [6.45, 7) is 2.73. The van der Waals surface area contributed by atoms with E-state index in [9.17, 15) is 9.59 Å². The smallest absolute Gasteiger partial charge is 0.336 e. The van der Waals surface area contributed by atoms with Gasteiger partial charge in [-0.2, -0.15) is 0 Å². The van der Waals surface area contributed by atoms with Crippen molar-refractivity contribution >= 4 is 11.9 Å². The van der Waals surface area contributed by atoms with Crippen LogP contribution in [0.4, 0.5) is 0 Å². The van der Waals surface area contributed by atoms with Gasteiger partial charge < -0.3 is 18.8 Å². The Morgan fingerprint density at radius 2 is 2.28 bits per heavy atom. The van der Waals surface area contributed by atoms with E-state index in [4.69, 9.17) is 9.15 Å². The van der Waals surface area contributed by atoms with Crippen LogP contribution in [0.25, 0.3) is 0 Å². The van der Waals surface area contributed by atoms with Gasteiger partial charge in [-0.15, -0.1) is 0 Å². The summed E-state index contributed by atoms with van der Waals surface area (Å²) in [4.78, 5) is 25.1. The van der Waals surface area contributed by atoms with Crippen molar-refractivity contribution in [3.8, 4) is 0 Å². The first kappa shape index (κ1) is 12.6. The first-order chi connectivity index (χ1) is 8.63. The lowest BCUT2D eigenvalue weighted by Crippen LogP contribution is -2.48. The molecule has 18 heavy (non-hydrogen) atoms. The Bertz CT molecular complexity index is 453. The molecule has 1 aliphatic heterocycles. The quantitative estimate of drug-likeness (QED) is 0.722. The number of carbonyl (C=O) groups is 2. The van der Waals surface area contributed by atoms with E-state index >= 15 is 0 Å². The molecule has 1 aromatic heterocycles. The number of amides is 1. The number of furan rings is 1. The fourth-order valence-electron chi connectivity index (χ4n) is 1.84. The number of hydrogen-bond acceptors (Lipinski definition) is 5. The van der Waals surface area contributed by atoms with Crippen LogP contribution in [0, 0.1) is 6.92 Å². The normalized spacial score (nSPS) is 19.7. The zero-order chi connectivity index (χ0) is 13.1. The van der Waals surface area contributed by atoms with E-state index in [-0.39, 0.29) is 12.5 Å². The molecule has 1 aliphatic rings. The number of nitrogens with zero attached hydrogens (tertiary/aromatic N) is 1. The third kappa shape index (κ3) is 2.38. The molecule has 6 heteroatoms. The largest absolute Gasteiger partial charge is 0.467 e. The van der Waals surface area contributed by atoms with Gasteiger partial charge in [0.15, 0.2) is 11.9 Å². The summed E-state index contributed by atoms with van der Waals surface area (Å²) in [6.07, 6.45) is 0.754. The van der Waals surface area contributed by atoms with E-state index in [1.165, 1.54) is 18.3 Å². The van der Waals surface area contributed by atoms with Crippen molar-refractivity contribution in [2.75, 3.05) is 26.8 Å². The maximum Gasteiger partial charge on any atom is 0.336 e. The second-order valence-electron chi connectivity index (χ2n) is 4.07. The summed E-state index contributed by atoms with van der Waals surface area (Å²) in [5.74, 6) is -0.390. The number of rotatable bonds is 2. The molecular weight excluding hydrogens is 238 g/mol. The average Bonchev–Trinajstić information content (AvgIpc) is 2.83. The van der Waals surface area contributed by atoms with Crippen LogP contribution in [0.5, 0.6) is 0 Å². The van der Waals surface area contributed by atoms with Gasteiger partial charge in [-0.1, -0.05) is 0 Å². The van der Waals surface area contributed by atoms with Crippen molar-refractivity contribution in [1.82, 2.24) is 4.90 Å². The molecule has 0 aliphatic carbocycles. The fraction of sp³-hybridized carbons (Fsp3) is 0.500. The molecule has 1 fully saturated rings. The van der Waals surface area contributed by atoms with E-state index in [1.54, 1.807) is 13.0 Å². The number of methoxy groups -OCH3 is 1. The van der Waals surface area contributed by atoms with Crippen molar-refractivity contribution in [3.63, 3.8) is 0 Å². The van der Waals surface area contributed by atoms with Gasteiger partial charge in [-0.3, -0.25) is 4.79 Å². The van der Waals surface area contributed by atoms with Crippen molar-refractivity contribution < 1.29 is 23.5 Å². The second-order valence-corrected chi connectivity index (χ2v) is 4.07. The molecule has 98 valence electrons. The van der Waals surface area contributed by atoms with Crippen LogP contribution in [-0.4, -0.2) is 49.7 Å². The van der Waals surface area contributed by atoms with Gasteiger partial charge in [0.05, 0.1) is 26.5 Å². The van der Waals surface area contributed by atoms with Crippen LogP contribution < -0.4 is 0 Å². The number of ether oxygens (including phenoxy) is 2. The highest BCUT2D eigenvalue weighted by atomic mass is 16.6. The second kappa shape index (κ2) is 5.22. The highest BCUT2D eigenvalue weighted by Gasteiger charge is 2.31. The molecule has 2 rings (SSSR count). The topological polar surface area (TPSA) is 69.0 Å². The van der Waals surface area contributed by atoms with Gasteiger partial charge in [-0.05, 0) is 13.0 Å². The Morgan fingerprint density at radius 3 is 2.89 bits per heavy atom. The Hall–Kier alpha value is -1.82. The Kier molecular flexibility index (Phi) is 3.66. The molecule has 1 aromatic rings. The molecule has 0 bridgehead atoms. The zero-order valence-electron chi connectivity index (χ0n) is 10.3. The predicted molar refractivity (Wildman–Crippen MR) is 61.1 cm³/mol. The number of morpholine rings is 1. The molecule has 0 saturated carbocycles. The highest BCUT2D eigenvalue weighted by molar-refractivity contribution is 5.93. The standard InChI is InChI=1S/C12H15NO5/c1-8-3-5-18-10(8)11(14)13-4-6-17-9(7-13)12(15)16-2/h3,5,9H,4,6-7H2,1-2H3. The summed E-state index contributed by atoms with van der Waals surface area (Å²) in [5.41, 5.74) is 0.779. The molecule has 1 saturated heterocycles. The number of carbonyl (C=O) groups excluding carboxylic acids is 2. The fourth-order valence-corrected chi connectivity index (χ4v) is 1.84. The van der Waals surface area contributed by atoms with E-state index in [0.717, 1.165) is 5.56 Å². The summed E-state index contributed by atoms with van der Waals surface area (Å²) >= 11 is 0. The minimum Gasteiger partial charge on any atom is -0.467 e. The number of hydrogen-bond donors (Lipinski definition) is 0. The summed E-state index contributed by atoms with van der Waals surface area (Å²) in [7, 11) is 1.29. The Morgan fingerprint density at radius 1 is 1.50 bits per heavy atom. The molecule has 1 atom stereocenters. The molecule has 1 unspecified atom stereocenters. The van der Waals surface area contributed by atoms with Crippen molar-refractivity contribution in [3.05, 3.63) is 23.7 Å². The van der Waals surface area contributed by atoms with Crippen molar-refractivity contribution in [2.45, 2.75) is 13.0 Å². The van der Waals surface area contributed by atoms with Gasteiger partial charge in [0.2, 0.25) is 0 Å². The van der Waals surface area contributed by atoms with E-state index in [0.29, 0.717) is 18.9 Å². The Balaban J connectivity index is 2.07. The van der Waals surface area contributed by atoms with E-state index in [2.05, 4.69) is 4.74 Å². The molecule has 0 aromatic carbocycles. The summed E-state index contributed by atoms with van der Waals surface area (Å²) < 4.78 is 15.0. The SMILES string of the molecule is COC(=O)C1CN(C(=O)c2occc2C)CCO1. The van der Waals surface area contributed by atoms with Crippen molar-refractivity contribution in [2.24, 2.45) is 0 Å². The maximum atomic E-state index is 12.2. The van der Waals surface area contributed by atoms with Crippen LogP contribution in [0.2, 0.25) is 0 Å². The van der Waals surface area contributed by atoms with Gasteiger partial charge in [0.1, 0.15) is 0 Å². The highest BCUT2D eigenvalue weighted by Crippen LogP contribution is 2.15. The van der Waals surface area contributed by atoms with Crippen LogP contribution in [-0.2, 0) is 14.3 Å². The lowest BCUT2D eigenvalue weighted by atomic mass is 10.2. The third-order valence-electron chi connectivity index (χ3n) is 2.87. The van der Waals surface area contributed by atoms with Gasteiger partial charge in [0.25, 0.3) is 5.91 Å².